The molecule has 0 bridgehead atoms. The van der Waals surface area contributed by atoms with Gasteiger partial charge in [0, 0.05) is 29.1 Å². The number of rotatable bonds is 11. The summed E-state index contributed by atoms with van der Waals surface area (Å²) in [5, 5.41) is 6.01. The van der Waals surface area contributed by atoms with E-state index in [2.05, 4.69) is 21.2 Å². The summed E-state index contributed by atoms with van der Waals surface area (Å²) in [6.07, 6.45) is 1.10. The van der Waals surface area contributed by atoms with E-state index in [1.807, 2.05) is 80.6 Å². The molecule has 0 aliphatic carbocycles. The zero-order valence-corrected chi connectivity index (χ0v) is 25.5. The minimum absolute atomic E-state index is 0.0494. The lowest BCUT2D eigenvalue weighted by Crippen LogP contribution is -2.53. The van der Waals surface area contributed by atoms with Gasteiger partial charge in [0.2, 0.25) is 5.91 Å². The number of hydrogen-bond donors (Lipinski definition) is 1. The van der Waals surface area contributed by atoms with Crippen LogP contribution in [0.4, 0.5) is 0 Å². The lowest BCUT2D eigenvalue weighted by Gasteiger charge is -2.32. The van der Waals surface area contributed by atoms with E-state index >= 15 is 0 Å². The number of nitrogens with zero attached hydrogens (tertiary/aromatic N) is 1. The summed E-state index contributed by atoms with van der Waals surface area (Å²) in [5.74, 6) is -0.0324. The lowest BCUT2D eigenvalue weighted by atomic mass is 10.0. The van der Waals surface area contributed by atoms with E-state index < -0.39 is 6.04 Å². The molecule has 2 amide bonds. The standard InChI is InChI=1S/C32H31BrCl2N2O3/c1-3-21(2)36-32(39)28(17-22-9-5-4-6-10-22)37(19-24-13-15-25(34)18-27(24)35)30(38)20-40-29-16-14-23-11-7-8-12-26(23)31(29)33/h4-16,18,21,28H,3,17,19-20H2,1-2H3,(H,36,39)/t21-,28-/m0/s1. The van der Waals surface area contributed by atoms with Crippen molar-refractivity contribution in [1.29, 1.82) is 0 Å². The van der Waals surface area contributed by atoms with Gasteiger partial charge in [-0.25, -0.2) is 0 Å². The van der Waals surface area contributed by atoms with Gasteiger partial charge in [-0.05, 0) is 69.4 Å². The number of hydrogen-bond acceptors (Lipinski definition) is 3. The molecule has 0 saturated heterocycles. The predicted octanol–water partition coefficient (Wildman–Crippen LogP) is 7.84. The molecule has 0 aliphatic rings. The van der Waals surface area contributed by atoms with E-state index in [0.29, 0.717) is 27.8 Å². The third-order valence-electron chi connectivity index (χ3n) is 6.81. The Morgan fingerprint density at radius 3 is 2.42 bits per heavy atom. The van der Waals surface area contributed by atoms with Crippen LogP contribution in [0.5, 0.6) is 5.75 Å². The van der Waals surface area contributed by atoms with Crippen molar-refractivity contribution in [2.45, 2.75) is 45.3 Å². The number of carbonyl (C=O) groups is 2. The van der Waals surface area contributed by atoms with Crippen LogP contribution in [0, 0.1) is 0 Å². The van der Waals surface area contributed by atoms with Crippen molar-refractivity contribution in [3.8, 4) is 5.75 Å². The molecular weight excluding hydrogens is 611 g/mol. The molecule has 0 aromatic heterocycles. The molecule has 0 heterocycles. The van der Waals surface area contributed by atoms with Crippen molar-refractivity contribution in [2.75, 3.05) is 6.61 Å². The van der Waals surface area contributed by atoms with Gasteiger partial charge in [0.1, 0.15) is 11.8 Å². The van der Waals surface area contributed by atoms with Gasteiger partial charge in [0.25, 0.3) is 5.91 Å². The molecule has 0 spiro atoms. The van der Waals surface area contributed by atoms with Gasteiger partial charge in [-0.2, -0.15) is 0 Å². The molecule has 0 saturated carbocycles. The highest BCUT2D eigenvalue weighted by atomic mass is 79.9. The number of fused-ring (bicyclic) bond motifs is 1. The molecule has 1 N–H and O–H groups in total. The van der Waals surface area contributed by atoms with Gasteiger partial charge in [-0.1, -0.05) is 96.9 Å². The Bertz CT molecular complexity index is 1480. The zero-order valence-electron chi connectivity index (χ0n) is 22.4. The Labute approximate surface area is 253 Å². The van der Waals surface area contributed by atoms with Gasteiger partial charge in [0.15, 0.2) is 6.61 Å². The number of benzene rings is 4. The Hall–Kier alpha value is -3.06. The largest absolute Gasteiger partial charge is 0.483 e. The van der Waals surface area contributed by atoms with Crippen molar-refractivity contribution >= 4 is 61.7 Å². The minimum Gasteiger partial charge on any atom is -0.483 e. The van der Waals surface area contributed by atoms with Gasteiger partial charge in [-0.3, -0.25) is 9.59 Å². The summed E-state index contributed by atoms with van der Waals surface area (Å²) in [6, 6.07) is 25.6. The number of halogens is 3. The average Bonchev–Trinajstić information content (AvgIpc) is 2.96. The van der Waals surface area contributed by atoms with Crippen molar-refractivity contribution < 1.29 is 14.3 Å². The first-order chi connectivity index (χ1) is 19.3. The lowest BCUT2D eigenvalue weighted by molar-refractivity contribution is -0.143. The maximum absolute atomic E-state index is 13.9. The second kappa shape index (κ2) is 14.0. The number of amides is 2. The average molecular weight is 642 g/mol. The summed E-state index contributed by atoms with van der Waals surface area (Å²) >= 11 is 16.3. The summed E-state index contributed by atoms with van der Waals surface area (Å²) in [5.41, 5.74) is 1.62. The zero-order chi connectivity index (χ0) is 28.6. The van der Waals surface area contributed by atoms with Crippen molar-refractivity contribution in [2.24, 2.45) is 0 Å². The normalized spacial score (nSPS) is 12.5. The first-order valence-electron chi connectivity index (χ1n) is 13.1. The Kier molecular flexibility index (Phi) is 10.5. The van der Waals surface area contributed by atoms with Crippen LogP contribution in [0.15, 0.2) is 89.4 Å². The first kappa shape index (κ1) is 29.9. The van der Waals surface area contributed by atoms with E-state index in [4.69, 9.17) is 27.9 Å². The fourth-order valence-corrected chi connectivity index (χ4v) is 5.45. The number of ether oxygens (including phenoxy) is 1. The van der Waals surface area contributed by atoms with Crippen molar-refractivity contribution in [1.82, 2.24) is 10.2 Å². The maximum Gasteiger partial charge on any atom is 0.261 e. The van der Waals surface area contributed by atoms with Crippen LogP contribution in [0.3, 0.4) is 0 Å². The van der Waals surface area contributed by atoms with Crippen LogP contribution in [0.2, 0.25) is 10.0 Å². The summed E-state index contributed by atoms with van der Waals surface area (Å²) in [7, 11) is 0. The number of carbonyl (C=O) groups excluding carboxylic acids is 2. The van der Waals surface area contributed by atoms with Crippen LogP contribution in [-0.2, 0) is 22.6 Å². The predicted molar refractivity (Wildman–Crippen MR) is 166 cm³/mol. The molecule has 208 valence electrons. The van der Waals surface area contributed by atoms with Crippen LogP contribution in [0.25, 0.3) is 10.8 Å². The molecule has 4 aromatic carbocycles. The van der Waals surface area contributed by atoms with E-state index in [1.165, 1.54) is 0 Å². The van der Waals surface area contributed by atoms with Crippen LogP contribution in [0.1, 0.15) is 31.4 Å². The minimum atomic E-state index is -0.792. The molecule has 2 atom stereocenters. The first-order valence-corrected chi connectivity index (χ1v) is 14.7. The quantitative estimate of drug-likeness (QED) is 0.181. The van der Waals surface area contributed by atoms with Crippen molar-refractivity contribution in [3.05, 3.63) is 111 Å². The molecule has 0 aliphatic heterocycles. The molecule has 40 heavy (non-hydrogen) atoms. The van der Waals surface area contributed by atoms with Crippen LogP contribution < -0.4 is 10.1 Å². The second-order valence-electron chi connectivity index (χ2n) is 9.67. The maximum atomic E-state index is 13.9. The van der Waals surface area contributed by atoms with E-state index in [1.54, 1.807) is 23.1 Å². The van der Waals surface area contributed by atoms with Gasteiger partial charge in [-0.15, -0.1) is 0 Å². The SMILES string of the molecule is CC[C@H](C)NC(=O)[C@H](Cc1ccccc1)N(Cc1ccc(Cl)cc1Cl)C(=O)COc1ccc2ccccc2c1Br. The summed E-state index contributed by atoms with van der Waals surface area (Å²) in [6.45, 7) is 3.80. The third kappa shape index (κ3) is 7.57. The fourth-order valence-electron chi connectivity index (χ4n) is 4.38. The molecule has 5 nitrogen and oxygen atoms in total. The van der Waals surface area contributed by atoms with E-state index in [-0.39, 0.29) is 31.0 Å². The second-order valence-corrected chi connectivity index (χ2v) is 11.3. The van der Waals surface area contributed by atoms with E-state index in [9.17, 15) is 9.59 Å². The molecule has 0 fully saturated rings. The highest BCUT2D eigenvalue weighted by Gasteiger charge is 2.32. The Morgan fingerprint density at radius 2 is 1.70 bits per heavy atom. The Morgan fingerprint density at radius 1 is 0.975 bits per heavy atom. The Balaban J connectivity index is 1.67. The molecule has 4 rings (SSSR count). The third-order valence-corrected chi connectivity index (χ3v) is 8.21. The topological polar surface area (TPSA) is 58.6 Å². The smallest absolute Gasteiger partial charge is 0.261 e. The van der Waals surface area contributed by atoms with E-state index in [0.717, 1.165) is 27.2 Å². The van der Waals surface area contributed by atoms with Crippen LogP contribution >= 0.6 is 39.1 Å². The van der Waals surface area contributed by atoms with Gasteiger partial charge < -0.3 is 15.0 Å². The molecular formula is C32H31BrCl2N2O3. The van der Waals surface area contributed by atoms with Gasteiger partial charge in [0.05, 0.1) is 4.47 Å². The van der Waals surface area contributed by atoms with Gasteiger partial charge >= 0.3 is 0 Å². The molecule has 4 aromatic rings. The van der Waals surface area contributed by atoms with Crippen LogP contribution in [-0.4, -0.2) is 35.4 Å². The highest BCUT2D eigenvalue weighted by molar-refractivity contribution is 9.10. The highest BCUT2D eigenvalue weighted by Crippen LogP contribution is 2.33. The number of nitrogens with one attached hydrogen (secondary N) is 1. The van der Waals surface area contributed by atoms with Crippen molar-refractivity contribution in [3.63, 3.8) is 0 Å². The molecule has 8 heteroatoms. The molecule has 0 radical (unpaired) electrons. The fraction of sp³-hybridized carbons (Fsp3) is 0.250. The summed E-state index contributed by atoms with van der Waals surface area (Å²) in [4.78, 5) is 29.1. The monoisotopic (exact) mass is 640 g/mol. The molecule has 0 unspecified atom stereocenters. The summed E-state index contributed by atoms with van der Waals surface area (Å²) < 4.78 is 6.80.